The summed E-state index contributed by atoms with van der Waals surface area (Å²) in [6.45, 7) is 4.48. The number of aliphatic hydroxyl groups is 1. The maximum Gasteiger partial charge on any atom is 0.306 e. The van der Waals surface area contributed by atoms with E-state index in [1.54, 1.807) is 0 Å². The number of aliphatic carboxylic acids is 1. The Morgan fingerprint density at radius 3 is 2.31 bits per heavy atom. The molecule has 0 aliphatic carbocycles. The molecule has 0 bridgehead atoms. The van der Waals surface area contributed by atoms with Crippen molar-refractivity contribution < 1.29 is 15.0 Å². The molecule has 0 saturated heterocycles. The Morgan fingerprint density at radius 2 is 1.92 bits per heavy atom. The Balaban J connectivity index is 3.55. The Kier molecular flexibility index (Phi) is 6.54. The van der Waals surface area contributed by atoms with Gasteiger partial charge in [-0.25, -0.2) is 0 Å². The first-order chi connectivity index (χ1) is 6.10. The highest BCUT2D eigenvalue weighted by Crippen LogP contribution is 1.97. The van der Waals surface area contributed by atoms with E-state index in [0.717, 1.165) is 12.8 Å². The minimum absolute atomic E-state index is 0.187. The summed E-state index contributed by atoms with van der Waals surface area (Å²) in [5, 5.41) is 20.7. The summed E-state index contributed by atoms with van der Waals surface area (Å²) in [5.74, 6) is -0.959. The molecule has 4 heteroatoms. The summed E-state index contributed by atoms with van der Waals surface area (Å²) in [5.41, 5.74) is 0. The highest BCUT2D eigenvalue weighted by Gasteiger charge is 2.10. The van der Waals surface area contributed by atoms with Gasteiger partial charge in [-0.2, -0.15) is 0 Å². The van der Waals surface area contributed by atoms with Crippen molar-refractivity contribution >= 4 is 5.97 Å². The molecule has 0 amide bonds. The zero-order valence-corrected chi connectivity index (χ0v) is 8.29. The molecular formula is C9H19NO3. The van der Waals surface area contributed by atoms with Crippen molar-refractivity contribution in [3.63, 3.8) is 0 Å². The Hall–Kier alpha value is -0.610. The molecule has 0 aromatic heterocycles. The molecule has 1 atom stereocenters. The maximum absolute atomic E-state index is 10.2. The van der Waals surface area contributed by atoms with E-state index in [-0.39, 0.29) is 6.42 Å². The first kappa shape index (κ1) is 12.4. The fourth-order valence-electron chi connectivity index (χ4n) is 1.15. The van der Waals surface area contributed by atoms with E-state index in [1.165, 1.54) is 0 Å². The molecule has 0 spiro atoms. The highest BCUT2D eigenvalue weighted by atomic mass is 16.4. The third-order valence-electron chi connectivity index (χ3n) is 2.04. The van der Waals surface area contributed by atoms with E-state index in [2.05, 4.69) is 19.2 Å². The van der Waals surface area contributed by atoms with Gasteiger partial charge in [0.1, 0.15) is 0 Å². The van der Waals surface area contributed by atoms with Crippen molar-refractivity contribution in [3.05, 3.63) is 0 Å². The number of carboxylic acids is 1. The molecule has 0 aromatic carbocycles. The molecule has 0 aromatic rings. The van der Waals surface area contributed by atoms with Crippen LogP contribution in [-0.4, -0.2) is 34.9 Å². The summed E-state index contributed by atoms with van der Waals surface area (Å²) in [6, 6.07) is 0.378. The van der Waals surface area contributed by atoms with Gasteiger partial charge in [-0.3, -0.25) is 4.79 Å². The van der Waals surface area contributed by atoms with Gasteiger partial charge in [0.2, 0.25) is 0 Å². The second kappa shape index (κ2) is 6.86. The number of hydrogen-bond acceptors (Lipinski definition) is 3. The molecule has 0 aliphatic heterocycles. The van der Waals surface area contributed by atoms with Crippen LogP contribution in [0.1, 0.15) is 33.1 Å². The van der Waals surface area contributed by atoms with E-state index in [1.807, 2.05) is 0 Å². The molecule has 78 valence electrons. The molecule has 0 rings (SSSR count). The van der Waals surface area contributed by atoms with E-state index in [0.29, 0.717) is 12.6 Å². The molecule has 0 radical (unpaired) electrons. The van der Waals surface area contributed by atoms with Crippen molar-refractivity contribution in [3.8, 4) is 0 Å². The molecule has 0 unspecified atom stereocenters. The highest BCUT2D eigenvalue weighted by molar-refractivity contribution is 5.67. The molecule has 4 nitrogen and oxygen atoms in total. The molecule has 0 heterocycles. The minimum atomic E-state index is -0.959. The predicted octanol–water partition coefficient (Wildman–Crippen LogP) is 0.600. The third kappa shape index (κ3) is 6.54. The van der Waals surface area contributed by atoms with E-state index < -0.39 is 12.1 Å². The maximum atomic E-state index is 10.2. The quantitative estimate of drug-likeness (QED) is 0.548. The van der Waals surface area contributed by atoms with Gasteiger partial charge in [0, 0.05) is 12.6 Å². The van der Waals surface area contributed by atoms with Crippen LogP contribution in [0.5, 0.6) is 0 Å². The molecule has 0 fully saturated rings. The lowest BCUT2D eigenvalue weighted by molar-refractivity contribution is -0.139. The van der Waals surface area contributed by atoms with E-state index >= 15 is 0 Å². The average molecular weight is 189 g/mol. The third-order valence-corrected chi connectivity index (χ3v) is 2.04. The van der Waals surface area contributed by atoms with E-state index in [9.17, 15) is 9.90 Å². The topological polar surface area (TPSA) is 69.6 Å². The standard InChI is InChI=1S/C9H19NO3/c1-3-7(4-2)10-6-8(11)5-9(12)13/h7-8,10-11H,3-6H2,1-2H3,(H,12,13)/t8-/m1/s1. The summed E-state index contributed by atoms with van der Waals surface area (Å²) in [4.78, 5) is 10.2. The molecule has 0 aliphatic rings. The van der Waals surface area contributed by atoms with Crippen molar-refractivity contribution in [1.29, 1.82) is 0 Å². The van der Waals surface area contributed by atoms with Gasteiger partial charge in [0.05, 0.1) is 12.5 Å². The van der Waals surface area contributed by atoms with Gasteiger partial charge in [0.25, 0.3) is 0 Å². The van der Waals surface area contributed by atoms with Crippen LogP contribution < -0.4 is 5.32 Å². The van der Waals surface area contributed by atoms with Crippen LogP contribution in [0.3, 0.4) is 0 Å². The number of rotatable bonds is 7. The predicted molar refractivity (Wildman–Crippen MR) is 50.6 cm³/mol. The van der Waals surface area contributed by atoms with Crippen molar-refractivity contribution in [2.75, 3.05) is 6.54 Å². The lowest BCUT2D eigenvalue weighted by atomic mass is 10.1. The van der Waals surface area contributed by atoms with Crippen LogP contribution in [0, 0.1) is 0 Å². The average Bonchev–Trinajstić information content (AvgIpc) is 2.05. The van der Waals surface area contributed by atoms with Gasteiger partial charge in [-0.1, -0.05) is 13.8 Å². The van der Waals surface area contributed by atoms with Gasteiger partial charge in [-0.05, 0) is 12.8 Å². The Labute approximate surface area is 79.0 Å². The smallest absolute Gasteiger partial charge is 0.306 e. The van der Waals surface area contributed by atoms with Crippen LogP contribution in [0.2, 0.25) is 0 Å². The normalized spacial score (nSPS) is 13.2. The fourth-order valence-corrected chi connectivity index (χ4v) is 1.15. The summed E-state index contributed by atoms with van der Waals surface area (Å²) >= 11 is 0. The van der Waals surface area contributed by atoms with Crippen LogP contribution in [0.25, 0.3) is 0 Å². The van der Waals surface area contributed by atoms with Crippen molar-refractivity contribution in [1.82, 2.24) is 5.32 Å². The number of carboxylic acid groups (broad SMARTS) is 1. The first-order valence-corrected chi connectivity index (χ1v) is 4.73. The van der Waals surface area contributed by atoms with Gasteiger partial charge >= 0.3 is 5.97 Å². The summed E-state index contributed by atoms with van der Waals surface area (Å²) in [6.07, 6.45) is 1.03. The first-order valence-electron chi connectivity index (χ1n) is 4.73. The van der Waals surface area contributed by atoms with Gasteiger partial charge in [-0.15, -0.1) is 0 Å². The van der Waals surface area contributed by atoms with Crippen LogP contribution in [0.4, 0.5) is 0 Å². The monoisotopic (exact) mass is 189 g/mol. The molecule has 0 saturated carbocycles. The Bertz CT molecular complexity index is 146. The molecule has 13 heavy (non-hydrogen) atoms. The van der Waals surface area contributed by atoms with Crippen molar-refractivity contribution in [2.45, 2.75) is 45.3 Å². The molecule has 3 N–H and O–H groups in total. The van der Waals surface area contributed by atoms with Gasteiger partial charge in [0.15, 0.2) is 0 Å². The lowest BCUT2D eigenvalue weighted by Crippen LogP contribution is -2.35. The minimum Gasteiger partial charge on any atom is -0.481 e. The van der Waals surface area contributed by atoms with Crippen LogP contribution >= 0.6 is 0 Å². The van der Waals surface area contributed by atoms with E-state index in [4.69, 9.17) is 5.11 Å². The fraction of sp³-hybridized carbons (Fsp3) is 0.889. The zero-order chi connectivity index (χ0) is 10.3. The van der Waals surface area contributed by atoms with Gasteiger partial charge < -0.3 is 15.5 Å². The zero-order valence-electron chi connectivity index (χ0n) is 8.29. The molecular weight excluding hydrogens is 170 g/mol. The largest absolute Gasteiger partial charge is 0.481 e. The summed E-state index contributed by atoms with van der Waals surface area (Å²) in [7, 11) is 0. The second-order valence-corrected chi connectivity index (χ2v) is 3.17. The number of nitrogens with one attached hydrogen (secondary N) is 1. The number of carbonyl (C=O) groups is 1. The number of aliphatic hydroxyl groups excluding tert-OH is 1. The Morgan fingerprint density at radius 1 is 1.38 bits per heavy atom. The SMILES string of the molecule is CCC(CC)NC[C@H](O)CC(=O)O. The van der Waals surface area contributed by atoms with Crippen LogP contribution in [0.15, 0.2) is 0 Å². The number of hydrogen-bond donors (Lipinski definition) is 3. The lowest BCUT2D eigenvalue weighted by Gasteiger charge is -2.16. The summed E-state index contributed by atoms with van der Waals surface area (Å²) < 4.78 is 0. The second-order valence-electron chi connectivity index (χ2n) is 3.17. The van der Waals surface area contributed by atoms with Crippen LogP contribution in [-0.2, 0) is 4.79 Å². The van der Waals surface area contributed by atoms with Crippen molar-refractivity contribution in [2.24, 2.45) is 0 Å².